The Bertz CT molecular complexity index is 3010. The van der Waals surface area contributed by atoms with Crippen LogP contribution in [0.1, 0.15) is 44.9 Å². The molecular formula is C62H42S. The lowest BCUT2D eigenvalue weighted by molar-refractivity contribution is 0.721. The predicted molar refractivity (Wildman–Crippen MR) is 263 cm³/mol. The molecule has 296 valence electrons. The smallest absolute Gasteiger partial charge is 0.0735 e. The number of hydrogen-bond donors (Lipinski definition) is 0. The van der Waals surface area contributed by atoms with Crippen LogP contribution in [-0.4, -0.2) is 0 Å². The fourth-order valence-corrected chi connectivity index (χ4v) is 12.0. The minimum absolute atomic E-state index is 0.218. The van der Waals surface area contributed by atoms with Gasteiger partial charge in [-0.25, -0.2) is 0 Å². The van der Waals surface area contributed by atoms with E-state index in [9.17, 15) is 0 Å². The third-order valence-electron chi connectivity index (χ3n) is 13.3. The molecule has 2 aliphatic rings. The summed E-state index contributed by atoms with van der Waals surface area (Å²) in [5.74, 6) is -0.218. The molecule has 1 spiro atoms. The second-order valence-corrected chi connectivity index (χ2v) is 17.7. The molecule has 0 N–H and O–H groups in total. The average molecular weight is 819 g/mol. The Kier molecular flexibility index (Phi) is 9.17. The van der Waals surface area contributed by atoms with Crippen LogP contribution in [0.5, 0.6) is 0 Å². The summed E-state index contributed by atoms with van der Waals surface area (Å²) in [6.07, 6.45) is 0. The molecule has 1 aliphatic carbocycles. The standard InChI is InChI=1S/C62H42S/c1-5-22-42(23-6-1)46-31-19-32-47(43-24-7-2-8-25-43)59(46)61(60-48(44-26-9-3-10-27-44)33-20-34-49(60)45-28-11-4-12-29-45)51-35-21-39-55-58(51)50-30-13-14-36-52(50)62(55)53-37-15-17-40-56(53)63-57-41-18-16-38-54(57)62/h1-41,61H. The minimum atomic E-state index is -0.507. The Morgan fingerprint density at radius 1 is 0.270 bits per heavy atom. The van der Waals surface area contributed by atoms with E-state index in [0.29, 0.717) is 0 Å². The first-order chi connectivity index (χ1) is 31.3. The molecule has 0 unspecified atom stereocenters. The molecule has 0 aromatic heterocycles. The van der Waals surface area contributed by atoms with E-state index in [4.69, 9.17) is 0 Å². The van der Waals surface area contributed by atoms with Gasteiger partial charge in [-0.3, -0.25) is 0 Å². The molecule has 1 aliphatic heterocycles. The van der Waals surface area contributed by atoms with E-state index >= 15 is 0 Å². The summed E-state index contributed by atoms with van der Waals surface area (Å²) >= 11 is 1.90. The normalized spacial score (nSPS) is 13.0. The van der Waals surface area contributed by atoms with E-state index in [-0.39, 0.29) is 5.92 Å². The van der Waals surface area contributed by atoms with Gasteiger partial charge in [0.1, 0.15) is 0 Å². The SMILES string of the molecule is c1ccc(-c2cccc(-c3ccccc3)c2C(c2cccc3c2-c2ccccc2C32c3ccccc3Sc3ccccc32)c2c(-c3ccccc3)cccc2-c2ccccc2)cc1. The Morgan fingerprint density at radius 2 is 0.603 bits per heavy atom. The highest BCUT2D eigenvalue weighted by molar-refractivity contribution is 7.99. The van der Waals surface area contributed by atoms with Gasteiger partial charge in [0.2, 0.25) is 0 Å². The van der Waals surface area contributed by atoms with Crippen LogP contribution in [0, 0.1) is 0 Å². The monoisotopic (exact) mass is 818 g/mol. The molecule has 10 aromatic rings. The molecule has 1 heterocycles. The molecular weight excluding hydrogens is 777 g/mol. The molecule has 10 aromatic carbocycles. The van der Waals surface area contributed by atoms with Gasteiger partial charge in [0.05, 0.1) is 5.41 Å². The second-order valence-electron chi connectivity index (χ2n) is 16.6. The highest BCUT2D eigenvalue weighted by Gasteiger charge is 2.51. The molecule has 0 radical (unpaired) electrons. The van der Waals surface area contributed by atoms with Crippen LogP contribution >= 0.6 is 11.8 Å². The Balaban J connectivity index is 1.28. The zero-order chi connectivity index (χ0) is 41.7. The fourth-order valence-electron chi connectivity index (χ4n) is 10.9. The lowest BCUT2D eigenvalue weighted by Gasteiger charge is -2.39. The minimum Gasteiger partial charge on any atom is -0.0894 e. The molecule has 0 fully saturated rings. The lowest BCUT2D eigenvalue weighted by Crippen LogP contribution is -2.32. The summed E-state index contributed by atoms with van der Waals surface area (Å²) in [6.45, 7) is 0. The van der Waals surface area contributed by atoms with Gasteiger partial charge >= 0.3 is 0 Å². The molecule has 0 saturated heterocycles. The molecule has 0 nitrogen and oxygen atoms in total. The van der Waals surface area contributed by atoms with Crippen molar-refractivity contribution in [1.82, 2.24) is 0 Å². The molecule has 0 amide bonds. The number of fused-ring (bicyclic) bond motifs is 9. The van der Waals surface area contributed by atoms with Crippen molar-refractivity contribution in [3.63, 3.8) is 0 Å². The van der Waals surface area contributed by atoms with Gasteiger partial charge in [0.25, 0.3) is 0 Å². The maximum absolute atomic E-state index is 2.45. The van der Waals surface area contributed by atoms with Crippen LogP contribution in [0.4, 0.5) is 0 Å². The number of hydrogen-bond acceptors (Lipinski definition) is 1. The van der Waals surface area contributed by atoms with Gasteiger partial charge in [-0.2, -0.15) is 0 Å². The van der Waals surface area contributed by atoms with E-state index in [2.05, 4.69) is 249 Å². The number of benzene rings is 10. The summed E-state index contributed by atoms with van der Waals surface area (Å²) in [5, 5.41) is 0. The van der Waals surface area contributed by atoms with Gasteiger partial charge in [0.15, 0.2) is 0 Å². The highest BCUT2D eigenvalue weighted by Crippen LogP contribution is 2.64. The molecule has 12 rings (SSSR count). The van der Waals surface area contributed by atoms with Crippen LogP contribution in [0.25, 0.3) is 55.6 Å². The van der Waals surface area contributed by atoms with Crippen molar-refractivity contribution in [2.24, 2.45) is 0 Å². The average Bonchev–Trinajstić information content (AvgIpc) is 3.66. The van der Waals surface area contributed by atoms with Crippen molar-refractivity contribution in [3.05, 3.63) is 288 Å². The van der Waals surface area contributed by atoms with Crippen LogP contribution < -0.4 is 0 Å². The van der Waals surface area contributed by atoms with Gasteiger partial charge in [-0.15, -0.1) is 0 Å². The summed E-state index contributed by atoms with van der Waals surface area (Å²) in [5.41, 5.74) is 21.1. The van der Waals surface area contributed by atoms with Crippen molar-refractivity contribution in [2.45, 2.75) is 21.1 Å². The summed E-state index contributed by atoms with van der Waals surface area (Å²) < 4.78 is 0. The molecule has 0 atom stereocenters. The maximum atomic E-state index is 2.45. The molecule has 0 bridgehead atoms. The van der Waals surface area contributed by atoms with Crippen LogP contribution in [0.2, 0.25) is 0 Å². The van der Waals surface area contributed by atoms with Crippen molar-refractivity contribution < 1.29 is 0 Å². The topological polar surface area (TPSA) is 0 Å². The van der Waals surface area contributed by atoms with E-state index in [1.165, 1.54) is 104 Å². The summed E-state index contributed by atoms with van der Waals surface area (Å²) in [6, 6.07) is 92.7. The second kappa shape index (κ2) is 15.5. The third-order valence-corrected chi connectivity index (χ3v) is 14.5. The first kappa shape index (κ1) is 37.3. The predicted octanol–water partition coefficient (Wildman–Crippen LogP) is 16.4. The van der Waals surface area contributed by atoms with Crippen LogP contribution in [0.15, 0.2) is 259 Å². The van der Waals surface area contributed by atoms with Crippen molar-refractivity contribution >= 4 is 11.8 Å². The first-order valence-electron chi connectivity index (χ1n) is 21.9. The molecule has 63 heavy (non-hydrogen) atoms. The maximum Gasteiger partial charge on any atom is 0.0735 e. The van der Waals surface area contributed by atoms with E-state index in [1.54, 1.807) is 0 Å². The quantitative estimate of drug-likeness (QED) is 0.144. The van der Waals surface area contributed by atoms with Crippen LogP contribution in [-0.2, 0) is 5.41 Å². The van der Waals surface area contributed by atoms with Gasteiger partial charge in [0, 0.05) is 15.7 Å². The Morgan fingerprint density at radius 3 is 1.05 bits per heavy atom. The summed E-state index contributed by atoms with van der Waals surface area (Å²) in [4.78, 5) is 2.62. The van der Waals surface area contributed by atoms with Gasteiger partial charge in [-0.1, -0.05) is 248 Å². The third kappa shape index (κ3) is 5.92. The molecule has 0 saturated carbocycles. The lowest BCUT2D eigenvalue weighted by atomic mass is 9.66. The zero-order valence-corrected chi connectivity index (χ0v) is 35.5. The highest BCUT2D eigenvalue weighted by atomic mass is 32.2. The largest absolute Gasteiger partial charge is 0.0894 e. The van der Waals surface area contributed by atoms with E-state index in [0.717, 1.165) is 0 Å². The fraction of sp³-hybridized carbons (Fsp3) is 0.0323. The van der Waals surface area contributed by atoms with Gasteiger partial charge < -0.3 is 0 Å². The Labute approximate surface area is 374 Å². The van der Waals surface area contributed by atoms with E-state index < -0.39 is 5.41 Å². The van der Waals surface area contributed by atoms with Crippen molar-refractivity contribution in [2.75, 3.05) is 0 Å². The van der Waals surface area contributed by atoms with Gasteiger partial charge in [-0.05, 0) is 107 Å². The Hall–Kier alpha value is -7.45. The first-order valence-corrected chi connectivity index (χ1v) is 22.7. The number of rotatable bonds is 7. The van der Waals surface area contributed by atoms with Crippen molar-refractivity contribution in [1.29, 1.82) is 0 Å². The van der Waals surface area contributed by atoms with Crippen molar-refractivity contribution in [3.8, 4) is 55.6 Å². The summed E-state index contributed by atoms with van der Waals surface area (Å²) in [7, 11) is 0. The molecule has 1 heteroatoms. The van der Waals surface area contributed by atoms with E-state index in [1.807, 2.05) is 11.8 Å². The van der Waals surface area contributed by atoms with Crippen LogP contribution in [0.3, 0.4) is 0 Å². The zero-order valence-electron chi connectivity index (χ0n) is 34.7.